The SMILES string of the molecule is O=S(=O)(c1ccc(-c2ccc3c(c2)c2ccccc2n3-c2ccccc2)cc1)c1ccc(-c2ccc3c(c2)c2ccccc2n3-c2ccccc2)cc1. The molecule has 0 saturated heterocycles. The van der Waals surface area contributed by atoms with Crippen molar-refractivity contribution in [2.75, 3.05) is 0 Å². The topological polar surface area (TPSA) is 44.0 Å². The normalized spacial score (nSPS) is 11.9. The fraction of sp³-hybridized carbons (Fsp3) is 0. The molecule has 5 heteroatoms. The first-order chi connectivity index (χ1) is 26.0. The van der Waals surface area contributed by atoms with E-state index >= 15 is 0 Å². The lowest BCUT2D eigenvalue weighted by Crippen LogP contribution is -2.01. The van der Waals surface area contributed by atoms with Crippen LogP contribution >= 0.6 is 0 Å². The molecule has 2 aromatic heterocycles. The number of aromatic nitrogens is 2. The standard InChI is InChI=1S/C48H32N2O2S/c51-53(52,39-25-19-33(20-26-39)35-23-29-47-43(31-35)41-15-7-9-17-45(41)49(47)37-11-3-1-4-12-37)40-27-21-34(22-28-40)36-24-30-48-44(32-36)42-16-8-10-18-46(42)50(48)38-13-5-2-6-14-38/h1-32H. The molecule has 0 radical (unpaired) electrons. The number of hydrogen-bond acceptors (Lipinski definition) is 2. The first-order valence-electron chi connectivity index (χ1n) is 17.7. The van der Waals surface area contributed by atoms with Crippen molar-refractivity contribution in [3.63, 3.8) is 0 Å². The van der Waals surface area contributed by atoms with Gasteiger partial charge in [0.1, 0.15) is 0 Å². The molecule has 10 rings (SSSR count). The molecule has 0 saturated carbocycles. The third kappa shape index (κ3) is 5.08. The zero-order valence-corrected chi connectivity index (χ0v) is 29.4. The summed E-state index contributed by atoms with van der Waals surface area (Å²) in [6.45, 7) is 0. The molecular weight excluding hydrogens is 669 g/mol. The Bertz CT molecular complexity index is 2880. The second-order valence-corrected chi connectivity index (χ2v) is 15.3. The van der Waals surface area contributed by atoms with E-state index in [1.807, 2.05) is 36.4 Å². The van der Waals surface area contributed by atoms with E-state index in [0.717, 1.165) is 66.5 Å². The van der Waals surface area contributed by atoms with Crippen LogP contribution in [0, 0.1) is 0 Å². The lowest BCUT2D eigenvalue weighted by molar-refractivity contribution is 0.596. The first-order valence-corrected chi connectivity index (χ1v) is 19.2. The van der Waals surface area contributed by atoms with Crippen LogP contribution in [-0.2, 0) is 9.84 Å². The summed E-state index contributed by atoms with van der Waals surface area (Å²) in [5.74, 6) is 0. The molecule has 252 valence electrons. The van der Waals surface area contributed by atoms with Crippen molar-refractivity contribution in [1.29, 1.82) is 0 Å². The van der Waals surface area contributed by atoms with E-state index in [1.54, 1.807) is 24.3 Å². The largest absolute Gasteiger partial charge is 0.309 e. The summed E-state index contributed by atoms with van der Waals surface area (Å²) in [5, 5.41) is 4.66. The van der Waals surface area contributed by atoms with E-state index in [-0.39, 0.29) is 9.79 Å². The predicted octanol–water partition coefficient (Wildman–Crippen LogP) is 12.0. The molecule has 8 aromatic carbocycles. The highest BCUT2D eigenvalue weighted by atomic mass is 32.2. The Labute approximate surface area is 307 Å². The number of para-hydroxylation sites is 4. The van der Waals surface area contributed by atoms with Crippen LogP contribution in [0.1, 0.15) is 0 Å². The number of fused-ring (bicyclic) bond motifs is 6. The van der Waals surface area contributed by atoms with Crippen molar-refractivity contribution in [2.45, 2.75) is 9.79 Å². The highest BCUT2D eigenvalue weighted by Gasteiger charge is 2.19. The summed E-state index contributed by atoms with van der Waals surface area (Å²) in [6, 6.07) is 65.1. The Morgan fingerprint density at radius 2 is 0.642 bits per heavy atom. The number of benzene rings is 8. The van der Waals surface area contributed by atoms with Crippen LogP contribution in [0.25, 0.3) is 77.2 Å². The quantitative estimate of drug-likeness (QED) is 0.173. The third-order valence-corrected chi connectivity index (χ3v) is 12.2. The van der Waals surface area contributed by atoms with Gasteiger partial charge in [0.25, 0.3) is 0 Å². The molecule has 0 fully saturated rings. The second-order valence-electron chi connectivity index (χ2n) is 13.4. The fourth-order valence-electron chi connectivity index (χ4n) is 7.80. The summed E-state index contributed by atoms with van der Waals surface area (Å²) >= 11 is 0. The maximum absolute atomic E-state index is 13.8. The van der Waals surface area contributed by atoms with E-state index in [4.69, 9.17) is 0 Å². The summed E-state index contributed by atoms with van der Waals surface area (Å²) in [5.41, 5.74) is 10.8. The van der Waals surface area contributed by atoms with Crippen LogP contribution in [0.5, 0.6) is 0 Å². The zero-order valence-electron chi connectivity index (χ0n) is 28.6. The Morgan fingerprint density at radius 3 is 1.06 bits per heavy atom. The van der Waals surface area contributed by atoms with E-state index in [0.29, 0.717) is 0 Å². The van der Waals surface area contributed by atoms with E-state index in [1.165, 1.54) is 10.8 Å². The molecule has 0 aliphatic rings. The van der Waals surface area contributed by atoms with Gasteiger partial charge in [-0.05, 0) is 107 Å². The Kier molecular flexibility index (Phi) is 7.17. The smallest absolute Gasteiger partial charge is 0.206 e. The molecule has 0 spiro atoms. The number of rotatable bonds is 6. The van der Waals surface area contributed by atoms with Gasteiger partial charge in [0.2, 0.25) is 9.84 Å². The van der Waals surface area contributed by atoms with Crippen molar-refractivity contribution in [2.24, 2.45) is 0 Å². The van der Waals surface area contributed by atoms with Crippen molar-refractivity contribution in [3.05, 3.63) is 194 Å². The first kappa shape index (κ1) is 31.1. The highest BCUT2D eigenvalue weighted by Crippen LogP contribution is 2.37. The lowest BCUT2D eigenvalue weighted by Gasteiger charge is -2.10. The number of nitrogens with zero attached hydrogens (tertiary/aromatic N) is 2. The van der Waals surface area contributed by atoms with E-state index < -0.39 is 9.84 Å². The molecule has 0 atom stereocenters. The average Bonchev–Trinajstić information content (AvgIpc) is 3.74. The minimum atomic E-state index is -3.73. The third-order valence-electron chi connectivity index (χ3n) is 10.4. The Balaban J connectivity index is 0.958. The van der Waals surface area contributed by atoms with Crippen LogP contribution in [0.4, 0.5) is 0 Å². The molecule has 0 N–H and O–H groups in total. The molecule has 2 heterocycles. The van der Waals surface area contributed by atoms with Gasteiger partial charge in [0.15, 0.2) is 0 Å². The summed E-state index contributed by atoms with van der Waals surface area (Å²) in [4.78, 5) is 0.539. The van der Waals surface area contributed by atoms with Crippen molar-refractivity contribution < 1.29 is 8.42 Å². The molecular formula is C48H32N2O2S. The number of hydrogen-bond donors (Lipinski definition) is 0. The molecule has 0 aliphatic heterocycles. The monoisotopic (exact) mass is 700 g/mol. The van der Waals surface area contributed by atoms with Crippen LogP contribution in [0.15, 0.2) is 204 Å². The molecule has 0 amide bonds. The summed E-state index contributed by atoms with van der Waals surface area (Å²) in [6.07, 6.45) is 0. The van der Waals surface area contributed by atoms with Gasteiger partial charge < -0.3 is 9.13 Å². The van der Waals surface area contributed by atoms with Crippen LogP contribution in [-0.4, -0.2) is 17.6 Å². The Hall–Kier alpha value is -6.69. The summed E-state index contributed by atoms with van der Waals surface area (Å²) in [7, 11) is -3.73. The molecule has 0 bridgehead atoms. The van der Waals surface area contributed by atoms with Gasteiger partial charge in [-0.2, -0.15) is 0 Å². The van der Waals surface area contributed by atoms with Gasteiger partial charge in [-0.3, -0.25) is 0 Å². The van der Waals surface area contributed by atoms with Gasteiger partial charge in [0, 0.05) is 32.9 Å². The van der Waals surface area contributed by atoms with Gasteiger partial charge >= 0.3 is 0 Å². The zero-order chi connectivity index (χ0) is 35.5. The molecule has 53 heavy (non-hydrogen) atoms. The predicted molar refractivity (Wildman–Crippen MR) is 218 cm³/mol. The van der Waals surface area contributed by atoms with Crippen LogP contribution in [0.2, 0.25) is 0 Å². The van der Waals surface area contributed by atoms with Gasteiger partial charge in [-0.15, -0.1) is 0 Å². The minimum absolute atomic E-state index is 0.269. The van der Waals surface area contributed by atoms with Crippen molar-refractivity contribution in [1.82, 2.24) is 9.13 Å². The highest BCUT2D eigenvalue weighted by molar-refractivity contribution is 7.91. The lowest BCUT2D eigenvalue weighted by atomic mass is 10.0. The maximum atomic E-state index is 13.8. The van der Waals surface area contributed by atoms with E-state index in [2.05, 4.69) is 143 Å². The van der Waals surface area contributed by atoms with Gasteiger partial charge in [-0.1, -0.05) is 109 Å². The second kappa shape index (κ2) is 12.2. The minimum Gasteiger partial charge on any atom is -0.309 e. The van der Waals surface area contributed by atoms with Gasteiger partial charge in [-0.25, -0.2) is 8.42 Å². The molecule has 0 unspecified atom stereocenters. The maximum Gasteiger partial charge on any atom is 0.206 e. The Morgan fingerprint density at radius 1 is 0.302 bits per heavy atom. The van der Waals surface area contributed by atoms with E-state index in [9.17, 15) is 8.42 Å². The van der Waals surface area contributed by atoms with Crippen LogP contribution in [0.3, 0.4) is 0 Å². The average molecular weight is 701 g/mol. The van der Waals surface area contributed by atoms with Crippen molar-refractivity contribution in [3.8, 4) is 33.6 Å². The van der Waals surface area contributed by atoms with Gasteiger partial charge in [0.05, 0.1) is 31.9 Å². The summed E-state index contributed by atoms with van der Waals surface area (Å²) < 4.78 is 32.3. The fourth-order valence-corrected chi connectivity index (χ4v) is 9.07. The molecule has 4 nitrogen and oxygen atoms in total. The number of sulfone groups is 1. The van der Waals surface area contributed by atoms with Crippen molar-refractivity contribution >= 4 is 53.4 Å². The molecule has 0 aliphatic carbocycles. The molecule has 10 aromatic rings. The van der Waals surface area contributed by atoms with Crippen LogP contribution < -0.4 is 0 Å².